The molecule has 0 atom stereocenters. The van der Waals surface area contributed by atoms with Crippen LogP contribution < -0.4 is 5.32 Å². The molecule has 2 aliphatic carbocycles. The predicted molar refractivity (Wildman–Crippen MR) is 73.7 cm³/mol. The van der Waals surface area contributed by atoms with Crippen molar-refractivity contribution in [2.75, 3.05) is 7.11 Å². The molecule has 100 valence electrons. The van der Waals surface area contributed by atoms with E-state index in [0.717, 1.165) is 25.7 Å². The lowest BCUT2D eigenvalue weighted by Gasteiger charge is -2.47. The summed E-state index contributed by atoms with van der Waals surface area (Å²) in [4.78, 5) is 0. The molecule has 3 heteroatoms. The van der Waals surface area contributed by atoms with E-state index >= 15 is 0 Å². The van der Waals surface area contributed by atoms with Crippen molar-refractivity contribution in [2.45, 2.75) is 49.3 Å². The van der Waals surface area contributed by atoms with E-state index in [9.17, 15) is 5.26 Å². The highest BCUT2D eigenvalue weighted by atomic mass is 16.5. The van der Waals surface area contributed by atoms with Crippen molar-refractivity contribution in [2.24, 2.45) is 0 Å². The third-order valence-corrected chi connectivity index (χ3v) is 4.63. The summed E-state index contributed by atoms with van der Waals surface area (Å²) in [5.74, 6) is 0. The Morgan fingerprint density at radius 3 is 2.47 bits per heavy atom. The molecule has 1 aromatic carbocycles. The summed E-state index contributed by atoms with van der Waals surface area (Å²) in [5.41, 5.74) is 0.905. The predicted octanol–water partition coefficient (Wildman–Crippen LogP) is 2.38. The zero-order chi connectivity index (χ0) is 13.3. The molecule has 2 fully saturated rings. The van der Waals surface area contributed by atoms with Crippen LogP contribution in [-0.2, 0) is 10.2 Å². The number of nitrogens with zero attached hydrogens (tertiary/aromatic N) is 1. The molecule has 0 aromatic heterocycles. The Kier molecular flexibility index (Phi) is 3.30. The number of rotatable bonds is 4. The zero-order valence-electron chi connectivity index (χ0n) is 11.3. The smallest absolute Gasteiger partial charge is 0.0852 e. The Bertz CT molecular complexity index is 467. The first-order valence-electron chi connectivity index (χ1n) is 7.01. The van der Waals surface area contributed by atoms with Crippen LogP contribution in [0, 0.1) is 11.3 Å². The number of nitrogens with one attached hydrogen (secondary N) is 1. The van der Waals surface area contributed by atoms with Crippen molar-refractivity contribution in [1.82, 2.24) is 5.32 Å². The second kappa shape index (κ2) is 4.96. The van der Waals surface area contributed by atoms with Gasteiger partial charge in [-0.1, -0.05) is 30.3 Å². The molecule has 1 aromatic rings. The van der Waals surface area contributed by atoms with Crippen LogP contribution in [0.4, 0.5) is 0 Å². The van der Waals surface area contributed by atoms with E-state index in [4.69, 9.17) is 4.74 Å². The molecule has 1 N–H and O–H groups in total. The first-order chi connectivity index (χ1) is 9.25. The lowest BCUT2D eigenvalue weighted by atomic mass is 9.62. The maximum absolute atomic E-state index is 9.50. The minimum absolute atomic E-state index is 0.261. The lowest BCUT2D eigenvalue weighted by Crippen LogP contribution is -2.57. The third kappa shape index (κ3) is 2.27. The van der Waals surface area contributed by atoms with Crippen molar-refractivity contribution in [1.29, 1.82) is 5.26 Å². The number of hydrogen-bond acceptors (Lipinski definition) is 3. The van der Waals surface area contributed by atoms with Gasteiger partial charge in [0.1, 0.15) is 0 Å². The topological polar surface area (TPSA) is 45.0 Å². The van der Waals surface area contributed by atoms with E-state index in [1.807, 2.05) is 18.2 Å². The van der Waals surface area contributed by atoms with Gasteiger partial charge in [0.05, 0.1) is 17.6 Å². The van der Waals surface area contributed by atoms with Crippen LogP contribution in [-0.4, -0.2) is 25.3 Å². The molecule has 0 aliphatic heterocycles. The van der Waals surface area contributed by atoms with Crippen molar-refractivity contribution in [3.8, 4) is 6.07 Å². The summed E-state index contributed by atoms with van der Waals surface area (Å²) < 4.78 is 5.29. The molecular weight excluding hydrogens is 236 g/mol. The average Bonchev–Trinajstić information content (AvgIpc) is 2.36. The Morgan fingerprint density at radius 2 is 1.89 bits per heavy atom. The normalized spacial score (nSPS) is 36.9. The van der Waals surface area contributed by atoms with Gasteiger partial charge < -0.3 is 10.1 Å². The molecule has 3 nitrogen and oxygen atoms in total. The van der Waals surface area contributed by atoms with Gasteiger partial charge in [0.15, 0.2) is 0 Å². The molecule has 19 heavy (non-hydrogen) atoms. The van der Waals surface area contributed by atoms with E-state index in [1.54, 1.807) is 7.11 Å². The van der Waals surface area contributed by atoms with Gasteiger partial charge in [-0.3, -0.25) is 0 Å². The molecule has 0 radical (unpaired) electrons. The van der Waals surface area contributed by atoms with Crippen LogP contribution in [0.2, 0.25) is 0 Å². The highest BCUT2D eigenvalue weighted by molar-refractivity contribution is 5.37. The number of hydrogen-bond donors (Lipinski definition) is 1. The Labute approximate surface area is 114 Å². The molecular formula is C16H20N2O. The summed E-state index contributed by atoms with van der Waals surface area (Å²) >= 11 is 0. The maximum Gasteiger partial charge on any atom is 0.0852 e. The van der Waals surface area contributed by atoms with E-state index < -0.39 is 0 Å². The number of benzene rings is 1. The molecule has 2 aliphatic rings. The third-order valence-electron chi connectivity index (χ3n) is 4.63. The van der Waals surface area contributed by atoms with Gasteiger partial charge in [-0.05, 0) is 31.2 Å². The standard InChI is InChI=1S/C16H20N2O/c1-19-15-7-13(8-15)18-14-9-16(10-14,11-17)12-5-3-2-4-6-12/h2-6,13-15,18H,7-10H2,1H3. The molecule has 0 amide bonds. The van der Waals surface area contributed by atoms with Crippen molar-refractivity contribution in [3.05, 3.63) is 35.9 Å². The van der Waals surface area contributed by atoms with Gasteiger partial charge in [0.25, 0.3) is 0 Å². The number of methoxy groups -OCH3 is 1. The Balaban J connectivity index is 1.55. The SMILES string of the molecule is COC1CC(NC2CC(C#N)(c3ccccc3)C2)C1. The summed E-state index contributed by atoms with van der Waals surface area (Å²) in [7, 11) is 1.78. The quantitative estimate of drug-likeness (QED) is 0.899. The molecule has 0 heterocycles. The van der Waals surface area contributed by atoms with Crippen LogP contribution in [0.1, 0.15) is 31.2 Å². The molecule has 0 unspecified atom stereocenters. The molecule has 3 rings (SSSR count). The highest BCUT2D eigenvalue weighted by Crippen LogP contribution is 2.44. The minimum Gasteiger partial charge on any atom is -0.381 e. The lowest BCUT2D eigenvalue weighted by molar-refractivity contribution is 0.00796. The summed E-state index contributed by atoms with van der Waals surface area (Å²) in [6.07, 6.45) is 4.52. The second-order valence-corrected chi connectivity index (χ2v) is 5.86. The fraction of sp³-hybridized carbons (Fsp3) is 0.562. The fourth-order valence-electron chi connectivity index (χ4n) is 3.28. The van der Waals surface area contributed by atoms with E-state index in [1.165, 1.54) is 5.56 Å². The van der Waals surface area contributed by atoms with Crippen molar-refractivity contribution >= 4 is 0 Å². The largest absolute Gasteiger partial charge is 0.381 e. The maximum atomic E-state index is 9.50. The van der Waals surface area contributed by atoms with E-state index in [0.29, 0.717) is 18.2 Å². The molecule has 0 bridgehead atoms. The van der Waals surface area contributed by atoms with Crippen LogP contribution >= 0.6 is 0 Å². The molecule has 0 spiro atoms. The van der Waals surface area contributed by atoms with E-state index in [2.05, 4.69) is 23.5 Å². The highest BCUT2D eigenvalue weighted by Gasteiger charge is 2.47. The van der Waals surface area contributed by atoms with E-state index in [-0.39, 0.29) is 5.41 Å². The fourth-order valence-corrected chi connectivity index (χ4v) is 3.28. The number of nitriles is 1. The van der Waals surface area contributed by atoms with Gasteiger partial charge in [-0.25, -0.2) is 0 Å². The van der Waals surface area contributed by atoms with Gasteiger partial charge in [0.2, 0.25) is 0 Å². The van der Waals surface area contributed by atoms with Gasteiger partial charge >= 0.3 is 0 Å². The van der Waals surface area contributed by atoms with Crippen molar-refractivity contribution in [3.63, 3.8) is 0 Å². The van der Waals surface area contributed by atoms with Gasteiger partial charge in [-0.15, -0.1) is 0 Å². The van der Waals surface area contributed by atoms with Crippen LogP contribution in [0.5, 0.6) is 0 Å². The molecule has 2 saturated carbocycles. The van der Waals surface area contributed by atoms with Gasteiger partial charge in [0, 0.05) is 19.2 Å². The molecule has 0 saturated heterocycles. The first kappa shape index (κ1) is 12.7. The second-order valence-electron chi connectivity index (χ2n) is 5.86. The van der Waals surface area contributed by atoms with Gasteiger partial charge in [-0.2, -0.15) is 5.26 Å². The zero-order valence-corrected chi connectivity index (χ0v) is 11.3. The monoisotopic (exact) mass is 256 g/mol. The first-order valence-corrected chi connectivity index (χ1v) is 7.01. The van der Waals surface area contributed by atoms with Crippen molar-refractivity contribution < 1.29 is 4.74 Å². The van der Waals surface area contributed by atoms with Crippen LogP contribution in [0.3, 0.4) is 0 Å². The average molecular weight is 256 g/mol. The van der Waals surface area contributed by atoms with Crippen LogP contribution in [0.15, 0.2) is 30.3 Å². The Morgan fingerprint density at radius 1 is 1.21 bits per heavy atom. The summed E-state index contributed by atoms with van der Waals surface area (Å²) in [6.45, 7) is 0. The summed E-state index contributed by atoms with van der Waals surface area (Å²) in [6, 6.07) is 13.8. The van der Waals surface area contributed by atoms with Crippen LogP contribution in [0.25, 0.3) is 0 Å². The Hall–Kier alpha value is -1.37. The summed E-state index contributed by atoms with van der Waals surface area (Å²) in [5, 5.41) is 13.1. The minimum atomic E-state index is -0.261. The number of ether oxygens (including phenoxy) is 1.